The lowest BCUT2D eigenvalue weighted by atomic mass is 9.65. The van der Waals surface area contributed by atoms with Crippen molar-refractivity contribution in [1.82, 2.24) is 4.90 Å². The van der Waals surface area contributed by atoms with Crippen LogP contribution in [0.5, 0.6) is 0 Å². The molecule has 4 rings (SSSR count). The maximum atomic E-state index is 13.9. The Hall–Kier alpha value is -0.350. The molecule has 2 bridgehead atoms. The van der Waals surface area contributed by atoms with Crippen molar-refractivity contribution < 1.29 is 4.39 Å². The Labute approximate surface area is 145 Å². The molecule has 0 radical (unpaired) electrons. The number of rotatable bonds is 5. The summed E-state index contributed by atoms with van der Waals surface area (Å²) in [5.41, 5.74) is 6.84. The Morgan fingerprint density at radius 1 is 1.18 bits per heavy atom. The predicted octanol–water partition coefficient (Wildman–Crippen LogP) is 3.81. The highest BCUT2D eigenvalue weighted by Gasteiger charge is 2.44. The fourth-order valence-corrected chi connectivity index (χ4v) is 4.13. The molecule has 1 saturated carbocycles. The second-order valence-electron chi connectivity index (χ2n) is 6.61. The standard InChI is InChI=1S/C17H25FN2.2ClH/c18-16-5-2-1-4-14(16)12-17-8-6-15(7-9-17)20(13-17)11-3-10-19;;/h1-2,4-5,15H,3,6-13,19H2;2*1H. The van der Waals surface area contributed by atoms with E-state index in [0.717, 1.165) is 44.1 Å². The average molecular weight is 349 g/mol. The minimum atomic E-state index is -0.0388. The minimum Gasteiger partial charge on any atom is -0.330 e. The van der Waals surface area contributed by atoms with Crippen molar-refractivity contribution in [2.24, 2.45) is 11.1 Å². The first kappa shape index (κ1) is 19.7. The summed E-state index contributed by atoms with van der Waals surface area (Å²) in [6, 6.07) is 8.03. The lowest BCUT2D eigenvalue weighted by Crippen LogP contribution is -2.55. The van der Waals surface area contributed by atoms with Gasteiger partial charge in [-0.25, -0.2) is 4.39 Å². The third-order valence-electron chi connectivity index (χ3n) is 5.24. The van der Waals surface area contributed by atoms with E-state index in [4.69, 9.17) is 5.73 Å². The number of halogens is 3. The minimum absolute atomic E-state index is 0. The van der Waals surface area contributed by atoms with E-state index in [9.17, 15) is 4.39 Å². The number of benzene rings is 1. The normalized spacial score (nSPS) is 27.1. The molecule has 1 aromatic carbocycles. The molecule has 3 fully saturated rings. The van der Waals surface area contributed by atoms with Gasteiger partial charge in [-0.3, -0.25) is 4.90 Å². The van der Waals surface area contributed by atoms with Crippen molar-refractivity contribution >= 4 is 24.8 Å². The van der Waals surface area contributed by atoms with E-state index in [0.29, 0.717) is 5.41 Å². The molecule has 0 atom stereocenters. The topological polar surface area (TPSA) is 29.3 Å². The highest BCUT2D eigenvalue weighted by Crippen LogP contribution is 2.46. The molecular weight excluding hydrogens is 322 g/mol. The van der Waals surface area contributed by atoms with E-state index in [2.05, 4.69) is 4.90 Å². The van der Waals surface area contributed by atoms with Crippen LogP contribution in [0.25, 0.3) is 0 Å². The van der Waals surface area contributed by atoms with Crippen LogP contribution < -0.4 is 5.73 Å². The van der Waals surface area contributed by atoms with Gasteiger partial charge in [-0.05, 0) is 68.7 Å². The summed E-state index contributed by atoms with van der Waals surface area (Å²) < 4.78 is 13.9. The van der Waals surface area contributed by atoms with E-state index >= 15 is 0 Å². The van der Waals surface area contributed by atoms with Gasteiger partial charge in [0.15, 0.2) is 0 Å². The fourth-order valence-electron chi connectivity index (χ4n) is 4.13. The van der Waals surface area contributed by atoms with Gasteiger partial charge >= 0.3 is 0 Å². The quantitative estimate of drug-likeness (QED) is 0.876. The third kappa shape index (κ3) is 4.14. The summed E-state index contributed by atoms with van der Waals surface area (Å²) in [7, 11) is 0. The van der Waals surface area contributed by atoms with Gasteiger partial charge in [0.1, 0.15) is 5.82 Å². The first-order valence-corrected chi connectivity index (χ1v) is 7.90. The summed E-state index contributed by atoms with van der Waals surface area (Å²) in [6.07, 6.45) is 7.03. The van der Waals surface area contributed by atoms with E-state index in [1.54, 1.807) is 12.1 Å². The number of nitrogens with two attached hydrogens (primary N) is 1. The highest BCUT2D eigenvalue weighted by molar-refractivity contribution is 5.85. The van der Waals surface area contributed by atoms with Gasteiger partial charge in [-0.15, -0.1) is 24.8 Å². The van der Waals surface area contributed by atoms with Crippen molar-refractivity contribution in [3.8, 4) is 0 Å². The largest absolute Gasteiger partial charge is 0.330 e. The van der Waals surface area contributed by atoms with Gasteiger partial charge in [-0.2, -0.15) is 0 Å². The highest BCUT2D eigenvalue weighted by atomic mass is 35.5. The van der Waals surface area contributed by atoms with E-state index in [1.165, 1.54) is 25.7 Å². The van der Waals surface area contributed by atoms with Crippen molar-refractivity contribution in [3.63, 3.8) is 0 Å². The Morgan fingerprint density at radius 3 is 2.50 bits per heavy atom. The molecule has 0 unspecified atom stereocenters. The summed E-state index contributed by atoms with van der Waals surface area (Å²) in [6.45, 7) is 3.01. The fraction of sp³-hybridized carbons (Fsp3) is 0.647. The zero-order valence-electron chi connectivity index (χ0n) is 13.0. The van der Waals surface area contributed by atoms with Crippen LogP contribution in [0.2, 0.25) is 0 Å². The molecule has 126 valence electrons. The molecule has 2 nitrogen and oxygen atoms in total. The predicted molar refractivity (Wildman–Crippen MR) is 94.5 cm³/mol. The van der Waals surface area contributed by atoms with Crippen molar-refractivity contribution in [2.75, 3.05) is 19.6 Å². The molecule has 2 saturated heterocycles. The van der Waals surface area contributed by atoms with Crippen molar-refractivity contribution in [2.45, 2.75) is 44.6 Å². The maximum absolute atomic E-state index is 13.9. The molecule has 2 N–H and O–H groups in total. The van der Waals surface area contributed by atoms with Gasteiger partial charge in [0.25, 0.3) is 0 Å². The summed E-state index contributed by atoms with van der Waals surface area (Å²) in [5, 5.41) is 0. The molecule has 0 amide bonds. The second-order valence-corrected chi connectivity index (χ2v) is 6.61. The zero-order chi connectivity index (χ0) is 14.0. The van der Waals surface area contributed by atoms with Crippen LogP contribution in [0.15, 0.2) is 24.3 Å². The van der Waals surface area contributed by atoms with Crippen LogP contribution in [-0.4, -0.2) is 30.6 Å². The Balaban J connectivity index is 0.00000121. The van der Waals surface area contributed by atoms with Crippen LogP contribution in [0, 0.1) is 11.2 Å². The lowest BCUT2D eigenvalue weighted by molar-refractivity contribution is -0.0210. The molecule has 22 heavy (non-hydrogen) atoms. The van der Waals surface area contributed by atoms with Crippen LogP contribution in [-0.2, 0) is 6.42 Å². The maximum Gasteiger partial charge on any atom is 0.126 e. The molecule has 1 aromatic rings. The van der Waals surface area contributed by atoms with E-state index in [1.807, 2.05) is 12.1 Å². The summed E-state index contributed by atoms with van der Waals surface area (Å²) >= 11 is 0. The van der Waals surface area contributed by atoms with Crippen molar-refractivity contribution in [1.29, 1.82) is 0 Å². The molecule has 3 aliphatic rings. The number of hydrogen-bond acceptors (Lipinski definition) is 2. The lowest BCUT2D eigenvalue weighted by Gasteiger charge is -2.53. The van der Waals surface area contributed by atoms with Gasteiger partial charge in [0.05, 0.1) is 0 Å². The van der Waals surface area contributed by atoms with Gasteiger partial charge in [0.2, 0.25) is 0 Å². The Morgan fingerprint density at radius 2 is 1.86 bits per heavy atom. The Kier molecular flexibility index (Phi) is 7.60. The molecule has 2 heterocycles. The van der Waals surface area contributed by atoms with Crippen LogP contribution in [0.3, 0.4) is 0 Å². The SMILES string of the molecule is Cl.Cl.NCCCN1CC2(Cc3ccccc3F)CCC1CC2. The molecule has 5 heteroatoms. The molecule has 1 aliphatic carbocycles. The van der Waals surface area contributed by atoms with Crippen LogP contribution >= 0.6 is 24.8 Å². The number of nitrogens with zero attached hydrogens (tertiary/aromatic N) is 1. The first-order chi connectivity index (χ1) is 9.72. The van der Waals surface area contributed by atoms with Crippen LogP contribution in [0.1, 0.15) is 37.7 Å². The summed E-state index contributed by atoms with van der Waals surface area (Å²) in [4.78, 5) is 2.61. The number of fused-ring (bicyclic) bond motifs is 3. The Bertz CT molecular complexity index is 462. The first-order valence-electron chi connectivity index (χ1n) is 7.90. The van der Waals surface area contributed by atoms with E-state index < -0.39 is 0 Å². The number of hydrogen-bond donors (Lipinski definition) is 1. The van der Waals surface area contributed by atoms with Gasteiger partial charge in [0, 0.05) is 12.6 Å². The van der Waals surface area contributed by atoms with E-state index in [-0.39, 0.29) is 30.6 Å². The average Bonchev–Trinajstić information content (AvgIpc) is 2.48. The summed E-state index contributed by atoms with van der Waals surface area (Å²) in [5.74, 6) is -0.0388. The monoisotopic (exact) mass is 348 g/mol. The third-order valence-corrected chi connectivity index (χ3v) is 5.24. The molecule has 0 spiro atoms. The smallest absolute Gasteiger partial charge is 0.126 e. The zero-order valence-corrected chi connectivity index (χ0v) is 14.6. The molecule has 2 aliphatic heterocycles. The second kappa shape index (κ2) is 8.49. The molecular formula is C17H27Cl2FN2. The van der Waals surface area contributed by atoms with Crippen LogP contribution in [0.4, 0.5) is 4.39 Å². The van der Waals surface area contributed by atoms with Crippen molar-refractivity contribution in [3.05, 3.63) is 35.6 Å². The molecule has 0 aromatic heterocycles. The van der Waals surface area contributed by atoms with Gasteiger partial charge in [-0.1, -0.05) is 18.2 Å². The number of piperidine rings is 2. The van der Waals surface area contributed by atoms with Gasteiger partial charge < -0.3 is 5.73 Å².